The first kappa shape index (κ1) is 15.9. The molecule has 1 aromatic heterocycles. The quantitative estimate of drug-likeness (QED) is 0.434. The molecule has 0 aliphatic carbocycles. The highest BCUT2D eigenvalue weighted by atomic mass is 31.2. The van der Waals surface area contributed by atoms with E-state index in [2.05, 4.69) is 20.0 Å². The molecule has 2 heterocycles. The lowest BCUT2D eigenvalue weighted by atomic mass is 10.2. The number of anilines is 1. The van der Waals surface area contributed by atoms with Crippen LogP contribution in [0.25, 0.3) is 0 Å². The number of hydrogen-bond acceptors (Lipinski definition) is 6. The van der Waals surface area contributed by atoms with Crippen LogP contribution in [0.3, 0.4) is 0 Å². The predicted molar refractivity (Wildman–Crippen MR) is 68.9 cm³/mol. The van der Waals surface area contributed by atoms with Gasteiger partial charge in [-0.15, -0.1) is 0 Å². The van der Waals surface area contributed by atoms with E-state index in [1.807, 2.05) is 0 Å². The van der Waals surface area contributed by atoms with Gasteiger partial charge >= 0.3 is 13.7 Å². The summed E-state index contributed by atoms with van der Waals surface area (Å²) in [6.45, 7) is 1.39. The second-order valence-electron chi connectivity index (χ2n) is 4.50. The zero-order chi connectivity index (χ0) is 15.8. The normalized spacial score (nSPS) is 21.7. The fourth-order valence-corrected chi connectivity index (χ4v) is 2.25. The molecule has 118 valence electrons. The first-order chi connectivity index (χ1) is 9.70. The van der Waals surface area contributed by atoms with Crippen LogP contribution in [0.2, 0.25) is 0 Å². The fourth-order valence-electron chi connectivity index (χ4n) is 1.88. The number of nitrogens with zero attached hydrogens (tertiary/aromatic N) is 2. The molecule has 0 bridgehead atoms. The van der Waals surface area contributed by atoms with Crippen molar-refractivity contribution >= 4 is 19.3 Å². The number of amides is 1. The molecule has 10 nitrogen and oxygen atoms in total. The van der Waals surface area contributed by atoms with Crippen LogP contribution in [0, 0.1) is 0 Å². The molecule has 1 aliphatic rings. The average Bonchev–Trinajstić information content (AvgIpc) is 2.82. The number of aromatic nitrogens is 2. The van der Waals surface area contributed by atoms with Crippen molar-refractivity contribution < 1.29 is 28.3 Å². The van der Waals surface area contributed by atoms with Crippen molar-refractivity contribution in [3.63, 3.8) is 0 Å². The molecule has 21 heavy (non-hydrogen) atoms. The fraction of sp³-hybridized carbons (Fsp3) is 0.556. The number of H-pyrrole nitrogens is 1. The number of hydrogen-bond donors (Lipinski definition) is 5. The van der Waals surface area contributed by atoms with E-state index in [9.17, 15) is 13.8 Å². The van der Waals surface area contributed by atoms with Gasteiger partial charge in [-0.05, 0) is 6.92 Å². The van der Waals surface area contributed by atoms with Gasteiger partial charge in [0.2, 0.25) is 0 Å². The second-order valence-corrected chi connectivity index (χ2v) is 6.08. The third-order valence-corrected chi connectivity index (χ3v) is 3.45. The van der Waals surface area contributed by atoms with Crippen molar-refractivity contribution in [2.75, 3.05) is 11.4 Å². The minimum absolute atomic E-state index is 0.0281. The Morgan fingerprint density at radius 3 is 2.95 bits per heavy atom. The predicted octanol–water partition coefficient (Wildman–Crippen LogP) is -0.962. The molecular formula is C9H15FN5O5P. The summed E-state index contributed by atoms with van der Waals surface area (Å²) in [7, 11) is -4.97. The summed E-state index contributed by atoms with van der Waals surface area (Å²) in [4.78, 5) is 36.9. The summed E-state index contributed by atoms with van der Waals surface area (Å²) < 4.78 is 28.5. The highest BCUT2D eigenvalue weighted by molar-refractivity contribution is 7.52. The SMILES string of the molecule is CC(CN1c2nc[nH]c2C(=O)NC1N)OC(F)P(=O)(O)O. The van der Waals surface area contributed by atoms with Gasteiger partial charge in [-0.25, -0.2) is 9.37 Å². The number of aromatic amines is 1. The summed E-state index contributed by atoms with van der Waals surface area (Å²) >= 11 is 0. The van der Waals surface area contributed by atoms with E-state index in [0.717, 1.165) is 0 Å². The topological polar surface area (TPSA) is 154 Å². The monoisotopic (exact) mass is 323 g/mol. The standard InChI is InChI=1S/C9H15FN5O5P/c1-4(20-8(10)21(17,18)19)2-15-6-5(12-3-13-6)7(16)14-9(15)11/h3-4,8-9H,2,11H2,1H3,(H,12,13)(H,14,16)(H2,17,18,19). The Kier molecular flexibility index (Phi) is 4.30. The van der Waals surface area contributed by atoms with E-state index in [-0.39, 0.29) is 18.1 Å². The van der Waals surface area contributed by atoms with Crippen LogP contribution in [0.15, 0.2) is 6.33 Å². The van der Waals surface area contributed by atoms with Gasteiger partial charge in [-0.2, -0.15) is 0 Å². The zero-order valence-corrected chi connectivity index (χ0v) is 11.8. The molecule has 1 amide bonds. The molecule has 2 rings (SSSR count). The maximum Gasteiger partial charge on any atom is 0.386 e. The number of rotatable bonds is 5. The third-order valence-electron chi connectivity index (χ3n) is 2.80. The number of carbonyl (C=O) groups is 1. The van der Waals surface area contributed by atoms with Crippen molar-refractivity contribution in [3.05, 3.63) is 12.0 Å². The number of carbonyl (C=O) groups excluding carboxylic acids is 1. The highest BCUT2D eigenvalue weighted by Crippen LogP contribution is 2.43. The van der Waals surface area contributed by atoms with Crippen molar-refractivity contribution in [1.82, 2.24) is 15.3 Å². The largest absolute Gasteiger partial charge is 0.386 e. The highest BCUT2D eigenvalue weighted by Gasteiger charge is 2.35. The molecule has 0 radical (unpaired) electrons. The van der Waals surface area contributed by atoms with Crippen LogP contribution in [-0.2, 0) is 9.30 Å². The smallest absolute Gasteiger partial charge is 0.339 e. The Balaban J connectivity index is 2.08. The van der Waals surface area contributed by atoms with Crippen LogP contribution in [0.5, 0.6) is 0 Å². The van der Waals surface area contributed by atoms with Gasteiger partial charge in [0.05, 0.1) is 12.4 Å². The first-order valence-corrected chi connectivity index (χ1v) is 7.59. The zero-order valence-electron chi connectivity index (χ0n) is 10.9. The Labute approximate surface area is 118 Å². The van der Waals surface area contributed by atoms with Gasteiger partial charge in [-0.1, -0.05) is 0 Å². The summed E-state index contributed by atoms with van der Waals surface area (Å²) in [6.07, 6.45) is -3.23. The lowest BCUT2D eigenvalue weighted by Crippen LogP contribution is -2.59. The molecule has 0 spiro atoms. The van der Waals surface area contributed by atoms with Crippen LogP contribution in [-0.4, -0.2) is 50.7 Å². The number of halogens is 1. The maximum absolute atomic E-state index is 13.2. The van der Waals surface area contributed by atoms with E-state index in [1.54, 1.807) is 0 Å². The molecule has 12 heteroatoms. The van der Waals surface area contributed by atoms with Crippen LogP contribution in [0.4, 0.5) is 10.2 Å². The summed E-state index contributed by atoms with van der Waals surface area (Å²) in [6, 6.07) is 0. The van der Waals surface area contributed by atoms with E-state index in [0.29, 0.717) is 0 Å². The third kappa shape index (κ3) is 3.39. The molecule has 1 aromatic rings. The summed E-state index contributed by atoms with van der Waals surface area (Å²) in [5.74, 6) is -0.174. The summed E-state index contributed by atoms with van der Waals surface area (Å²) in [5.41, 5.74) is 5.94. The molecule has 6 N–H and O–H groups in total. The van der Waals surface area contributed by atoms with Crippen molar-refractivity contribution in [1.29, 1.82) is 0 Å². The minimum Gasteiger partial charge on any atom is -0.339 e. The van der Waals surface area contributed by atoms with Gasteiger partial charge < -0.3 is 29.7 Å². The van der Waals surface area contributed by atoms with Crippen molar-refractivity contribution in [3.8, 4) is 0 Å². The number of alkyl halides is 1. The van der Waals surface area contributed by atoms with Crippen LogP contribution >= 0.6 is 7.60 Å². The number of nitrogens with one attached hydrogen (secondary N) is 2. The lowest BCUT2D eigenvalue weighted by molar-refractivity contribution is -0.0378. The van der Waals surface area contributed by atoms with E-state index in [4.69, 9.17) is 15.5 Å². The molecule has 1 aliphatic heterocycles. The maximum atomic E-state index is 13.2. The number of imidazole rings is 1. The van der Waals surface area contributed by atoms with Crippen molar-refractivity contribution in [2.24, 2.45) is 5.73 Å². The molecule has 0 saturated carbocycles. The number of ether oxygens (including phenoxy) is 1. The van der Waals surface area contributed by atoms with Crippen LogP contribution in [0.1, 0.15) is 17.4 Å². The van der Waals surface area contributed by atoms with Gasteiger partial charge in [0, 0.05) is 6.54 Å². The Bertz CT molecular complexity index is 577. The van der Waals surface area contributed by atoms with Gasteiger partial charge in [0.1, 0.15) is 5.69 Å². The Morgan fingerprint density at radius 2 is 2.33 bits per heavy atom. The molecule has 0 saturated heterocycles. The van der Waals surface area contributed by atoms with E-state index in [1.165, 1.54) is 18.2 Å². The average molecular weight is 323 g/mol. The molecule has 0 fully saturated rings. The van der Waals surface area contributed by atoms with Gasteiger partial charge in [0.25, 0.3) is 5.91 Å². The van der Waals surface area contributed by atoms with Gasteiger partial charge in [0.15, 0.2) is 12.1 Å². The van der Waals surface area contributed by atoms with E-state index < -0.39 is 32.0 Å². The minimum atomic E-state index is -4.97. The van der Waals surface area contributed by atoms with Gasteiger partial charge in [-0.3, -0.25) is 15.1 Å². The van der Waals surface area contributed by atoms with Crippen LogP contribution < -0.4 is 16.0 Å². The Morgan fingerprint density at radius 1 is 1.67 bits per heavy atom. The number of nitrogens with two attached hydrogens (primary N) is 1. The molecule has 3 atom stereocenters. The first-order valence-electron chi connectivity index (χ1n) is 5.91. The Hall–Kier alpha value is -1.52. The lowest BCUT2D eigenvalue weighted by Gasteiger charge is -2.35. The van der Waals surface area contributed by atoms with E-state index >= 15 is 0 Å². The molecule has 0 aromatic carbocycles. The summed E-state index contributed by atoms with van der Waals surface area (Å²) in [5, 5.41) is 2.45. The molecule has 3 unspecified atom stereocenters. The molecular weight excluding hydrogens is 308 g/mol. The number of fused-ring (bicyclic) bond motifs is 1. The second kappa shape index (κ2) is 5.70. The van der Waals surface area contributed by atoms with Crippen molar-refractivity contribution in [2.45, 2.75) is 25.4 Å².